The van der Waals surface area contributed by atoms with Crippen molar-refractivity contribution in [1.29, 1.82) is 0 Å². The predicted octanol–water partition coefficient (Wildman–Crippen LogP) is 3.61. The maximum absolute atomic E-state index is 12.0. The topological polar surface area (TPSA) is 45.7 Å². The monoisotopic (exact) mass is 421 g/mol. The number of nitrogens with one attached hydrogen (secondary N) is 2. The molecule has 0 unspecified atom stereocenters. The molecule has 140 valence electrons. The van der Waals surface area contributed by atoms with Crippen LogP contribution in [0.25, 0.3) is 0 Å². The number of rotatable bonds is 8. The first-order valence-corrected chi connectivity index (χ1v) is 9.00. The maximum Gasteiger partial charge on any atom is 0.411 e. The molecular weight excluding hydrogens is 399 g/mol. The molecule has 0 bridgehead atoms. The second-order valence-electron chi connectivity index (χ2n) is 6.13. The zero-order chi connectivity index (χ0) is 18.3. The van der Waals surface area contributed by atoms with Gasteiger partial charge in [0.05, 0.1) is 0 Å². The van der Waals surface area contributed by atoms with E-state index in [1.165, 1.54) is 5.56 Å². The number of guanidine groups is 1. The first kappa shape index (κ1) is 20.0. The summed E-state index contributed by atoms with van der Waals surface area (Å²) >= 11 is 3.61. The number of hydrogen-bond donors (Lipinski definition) is 2. The number of nitrogens with zero attached hydrogens (tertiary/aromatic N) is 1. The van der Waals surface area contributed by atoms with Crippen LogP contribution in [0, 0.1) is 0 Å². The van der Waals surface area contributed by atoms with Crippen molar-refractivity contribution in [3.63, 3.8) is 0 Å². The Morgan fingerprint density at radius 2 is 2.00 bits per heavy atom. The summed E-state index contributed by atoms with van der Waals surface area (Å²) in [5, 5.41) is 6.41. The number of hydrogen-bond acceptors (Lipinski definition) is 2. The molecule has 1 aromatic rings. The molecule has 8 heteroatoms. The lowest BCUT2D eigenvalue weighted by Gasteiger charge is -2.20. The van der Waals surface area contributed by atoms with E-state index in [4.69, 9.17) is 0 Å². The summed E-state index contributed by atoms with van der Waals surface area (Å²) in [5.74, 6) is 0.647. The first-order chi connectivity index (χ1) is 11.9. The SMILES string of the molecule is CN=C(NCCCOCC(F)(F)F)NCC1(c2ccccc2Br)CC1. The molecule has 0 radical (unpaired) electrons. The molecule has 1 saturated carbocycles. The lowest BCUT2D eigenvalue weighted by Crippen LogP contribution is -2.41. The van der Waals surface area contributed by atoms with Crippen LogP contribution >= 0.6 is 15.9 Å². The highest BCUT2D eigenvalue weighted by Gasteiger charge is 2.45. The first-order valence-electron chi connectivity index (χ1n) is 8.20. The van der Waals surface area contributed by atoms with E-state index in [1.54, 1.807) is 7.05 Å². The minimum Gasteiger partial charge on any atom is -0.372 e. The Hall–Kier alpha value is -1.28. The van der Waals surface area contributed by atoms with Gasteiger partial charge in [-0.25, -0.2) is 0 Å². The van der Waals surface area contributed by atoms with Crippen molar-refractivity contribution < 1.29 is 17.9 Å². The summed E-state index contributed by atoms with van der Waals surface area (Å²) in [6.45, 7) is 0.123. The van der Waals surface area contributed by atoms with Gasteiger partial charge in [0.25, 0.3) is 0 Å². The van der Waals surface area contributed by atoms with Crippen LogP contribution in [0.5, 0.6) is 0 Å². The summed E-state index contributed by atoms with van der Waals surface area (Å²) in [6.07, 6.45) is -1.56. The number of ether oxygens (including phenoxy) is 1. The number of benzene rings is 1. The molecule has 0 atom stereocenters. The van der Waals surface area contributed by atoms with Gasteiger partial charge < -0.3 is 15.4 Å². The largest absolute Gasteiger partial charge is 0.411 e. The normalized spacial score (nSPS) is 16.6. The van der Waals surface area contributed by atoms with Gasteiger partial charge in [0.1, 0.15) is 6.61 Å². The lowest BCUT2D eigenvalue weighted by molar-refractivity contribution is -0.173. The van der Waals surface area contributed by atoms with Crippen LogP contribution in [-0.2, 0) is 10.2 Å². The van der Waals surface area contributed by atoms with Gasteiger partial charge in [0, 0.05) is 36.6 Å². The molecule has 2 N–H and O–H groups in total. The molecule has 2 rings (SSSR count). The average molecular weight is 422 g/mol. The molecule has 0 heterocycles. The van der Waals surface area contributed by atoms with Gasteiger partial charge in [-0.2, -0.15) is 13.2 Å². The summed E-state index contributed by atoms with van der Waals surface area (Å²) < 4.78 is 41.6. The minimum absolute atomic E-state index is 0.0599. The van der Waals surface area contributed by atoms with Crippen LogP contribution in [0.4, 0.5) is 13.2 Å². The summed E-state index contributed by atoms with van der Waals surface area (Å²) in [5.41, 5.74) is 1.41. The Kier molecular flexibility index (Phi) is 7.13. The highest BCUT2D eigenvalue weighted by molar-refractivity contribution is 9.10. The third-order valence-electron chi connectivity index (χ3n) is 4.14. The highest BCUT2D eigenvalue weighted by atomic mass is 79.9. The lowest BCUT2D eigenvalue weighted by atomic mass is 9.96. The molecule has 25 heavy (non-hydrogen) atoms. The van der Waals surface area contributed by atoms with E-state index in [-0.39, 0.29) is 12.0 Å². The molecule has 1 aliphatic rings. The molecule has 0 amide bonds. The van der Waals surface area contributed by atoms with Crippen LogP contribution in [0.1, 0.15) is 24.8 Å². The zero-order valence-electron chi connectivity index (χ0n) is 14.1. The number of aliphatic imine (C=N–C) groups is 1. The number of halogens is 4. The van der Waals surface area contributed by atoms with Crippen molar-refractivity contribution in [3.8, 4) is 0 Å². The van der Waals surface area contributed by atoms with E-state index in [0.29, 0.717) is 18.9 Å². The Morgan fingerprint density at radius 1 is 1.28 bits per heavy atom. The predicted molar refractivity (Wildman–Crippen MR) is 95.9 cm³/mol. The fourth-order valence-corrected chi connectivity index (χ4v) is 3.33. The molecule has 1 fully saturated rings. The van der Waals surface area contributed by atoms with Crippen LogP contribution in [0.15, 0.2) is 33.7 Å². The maximum atomic E-state index is 12.0. The van der Waals surface area contributed by atoms with Gasteiger partial charge in [-0.1, -0.05) is 34.1 Å². The Bertz CT molecular complexity index is 589. The van der Waals surface area contributed by atoms with E-state index >= 15 is 0 Å². The fraction of sp³-hybridized carbons (Fsp3) is 0.588. The summed E-state index contributed by atoms with van der Waals surface area (Å²) in [4.78, 5) is 4.15. The summed E-state index contributed by atoms with van der Waals surface area (Å²) in [7, 11) is 1.67. The van der Waals surface area contributed by atoms with E-state index in [2.05, 4.69) is 42.4 Å². The van der Waals surface area contributed by atoms with Crippen molar-refractivity contribution in [3.05, 3.63) is 34.3 Å². The molecule has 4 nitrogen and oxygen atoms in total. The average Bonchev–Trinajstić information content (AvgIpc) is 3.34. The Balaban J connectivity index is 1.70. The van der Waals surface area contributed by atoms with Crippen LogP contribution < -0.4 is 10.6 Å². The van der Waals surface area contributed by atoms with Crippen LogP contribution in [0.2, 0.25) is 0 Å². The van der Waals surface area contributed by atoms with Crippen LogP contribution in [-0.4, -0.2) is 45.5 Å². The second kappa shape index (κ2) is 8.89. The van der Waals surface area contributed by atoms with Crippen molar-refractivity contribution in [2.24, 2.45) is 4.99 Å². The third kappa shape index (κ3) is 6.51. The van der Waals surface area contributed by atoms with E-state index in [1.807, 2.05) is 18.2 Å². The third-order valence-corrected chi connectivity index (χ3v) is 4.83. The highest BCUT2D eigenvalue weighted by Crippen LogP contribution is 2.49. The van der Waals surface area contributed by atoms with Gasteiger partial charge in [0.2, 0.25) is 0 Å². The van der Waals surface area contributed by atoms with Crippen molar-refractivity contribution in [1.82, 2.24) is 10.6 Å². The van der Waals surface area contributed by atoms with Gasteiger partial charge in [-0.3, -0.25) is 4.99 Å². The molecule has 0 aromatic heterocycles. The van der Waals surface area contributed by atoms with Gasteiger partial charge in [-0.05, 0) is 30.9 Å². The zero-order valence-corrected chi connectivity index (χ0v) is 15.7. The van der Waals surface area contributed by atoms with Crippen LogP contribution in [0.3, 0.4) is 0 Å². The molecular formula is C17H23BrF3N3O. The smallest absolute Gasteiger partial charge is 0.372 e. The number of alkyl halides is 3. The van der Waals surface area contributed by atoms with E-state index < -0.39 is 12.8 Å². The molecule has 1 aromatic carbocycles. The van der Waals surface area contributed by atoms with Gasteiger partial charge in [0.15, 0.2) is 5.96 Å². The van der Waals surface area contributed by atoms with E-state index in [9.17, 15) is 13.2 Å². The van der Waals surface area contributed by atoms with Crippen molar-refractivity contribution in [2.75, 3.05) is 33.4 Å². The summed E-state index contributed by atoms with van der Waals surface area (Å²) in [6, 6.07) is 8.21. The Morgan fingerprint density at radius 3 is 2.60 bits per heavy atom. The molecule has 0 saturated heterocycles. The van der Waals surface area contributed by atoms with Crippen molar-refractivity contribution >= 4 is 21.9 Å². The van der Waals surface area contributed by atoms with Gasteiger partial charge in [-0.15, -0.1) is 0 Å². The molecule has 0 spiro atoms. The fourth-order valence-electron chi connectivity index (χ4n) is 2.63. The van der Waals surface area contributed by atoms with E-state index in [0.717, 1.165) is 23.9 Å². The van der Waals surface area contributed by atoms with Gasteiger partial charge >= 0.3 is 6.18 Å². The second-order valence-corrected chi connectivity index (χ2v) is 6.99. The van der Waals surface area contributed by atoms with Crippen molar-refractivity contribution in [2.45, 2.75) is 30.9 Å². The quantitative estimate of drug-likeness (QED) is 0.382. The Labute approximate surface area is 154 Å². The standard InChI is InChI=1S/C17H23BrF3N3O/c1-22-15(23-9-4-10-25-12-17(19,20)21)24-11-16(7-8-16)13-5-2-3-6-14(13)18/h2-3,5-6H,4,7-12H2,1H3,(H2,22,23,24). The molecule has 1 aliphatic carbocycles. The minimum atomic E-state index is -4.27. The molecule has 0 aliphatic heterocycles.